The summed E-state index contributed by atoms with van der Waals surface area (Å²) >= 11 is 28.1. The van der Waals surface area contributed by atoms with Gasteiger partial charge in [-0.05, 0) is 6.08 Å². The van der Waals surface area contributed by atoms with E-state index in [2.05, 4.69) is 0 Å². The molecule has 0 N–H and O–H groups in total. The molecule has 0 saturated carbocycles. The molecule has 0 aliphatic carbocycles. The van der Waals surface area contributed by atoms with Gasteiger partial charge in [-0.15, -0.1) is 0 Å². The summed E-state index contributed by atoms with van der Waals surface area (Å²) < 4.78 is -1.83. The highest BCUT2D eigenvalue weighted by Gasteiger charge is 2.53. The van der Waals surface area contributed by atoms with Crippen LogP contribution in [0.4, 0.5) is 0 Å². The van der Waals surface area contributed by atoms with Crippen LogP contribution in [0.2, 0.25) is 0 Å². The summed E-state index contributed by atoms with van der Waals surface area (Å²) in [6.07, 6.45) is 2.81. The second kappa shape index (κ2) is 2.49. The molecule has 0 saturated heterocycles. The van der Waals surface area contributed by atoms with Crippen molar-refractivity contribution in [2.24, 2.45) is 0 Å². The lowest BCUT2D eigenvalue weighted by Crippen LogP contribution is -2.38. The van der Waals surface area contributed by atoms with Gasteiger partial charge in [-0.1, -0.05) is 46.4 Å². The summed E-state index contributed by atoms with van der Waals surface area (Å²) in [5.74, 6) is 0. The maximum Gasteiger partial charge on any atom is 0.240 e. The van der Waals surface area contributed by atoms with Crippen molar-refractivity contribution in [3.05, 3.63) is 12.3 Å². The van der Waals surface area contributed by atoms with Gasteiger partial charge in [-0.25, -0.2) is 0 Å². The second-order valence-electron chi connectivity index (χ2n) is 1.79. The zero-order chi connectivity index (χ0) is 7.99. The van der Waals surface area contributed by atoms with Gasteiger partial charge in [0, 0.05) is 18.0 Å². The molecule has 0 aromatic carbocycles. The van der Waals surface area contributed by atoms with Gasteiger partial charge in [-0.3, -0.25) is 4.42 Å². The topological polar surface area (TPSA) is 3.24 Å². The molecule has 0 atom stereocenters. The zero-order valence-corrected chi connectivity index (χ0v) is 8.27. The Bertz CT molecular complexity index is 174. The second-order valence-corrected chi connectivity index (χ2v) is 4.83. The van der Waals surface area contributed by atoms with Crippen molar-refractivity contribution in [1.29, 1.82) is 0 Å². The molecule has 1 heterocycles. The number of alkyl halides is 4. The minimum absolute atomic E-state index is 1.01. The van der Waals surface area contributed by atoms with Crippen molar-refractivity contribution in [1.82, 2.24) is 4.42 Å². The molecule has 10 heavy (non-hydrogen) atoms. The molecule has 6 heteroatoms. The molecule has 0 bridgehead atoms. The largest absolute Gasteiger partial charge is 0.255 e. The van der Waals surface area contributed by atoms with Gasteiger partial charge in [0.1, 0.15) is 0 Å². The molecule has 1 rings (SSSR count). The van der Waals surface area contributed by atoms with Crippen LogP contribution in [0.15, 0.2) is 12.3 Å². The predicted molar refractivity (Wildman–Crippen MR) is 45.7 cm³/mol. The highest BCUT2D eigenvalue weighted by Crippen LogP contribution is 2.50. The van der Waals surface area contributed by atoms with E-state index in [1.165, 1.54) is 12.3 Å². The molecule has 0 radical (unpaired) electrons. The van der Waals surface area contributed by atoms with Crippen molar-refractivity contribution < 1.29 is 0 Å². The van der Waals surface area contributed by atoms with Crippen LogP contribution in [0.5, 0.6) is 0 Å². The molecule has 1 nitrogen and oxygen atoms in total. The predicted octanol–water partition coefficient (Wildman–Crippen LogP) is 3.27. The van der Waals surface area contributed by atoms with E-state index in [1.807, 2.05) is 0 Å². The molecule has 0 aromatic heterocycles. The molecule has 58 valence electrons. The van der Waals surface area contributed by atoms with Crippen molar-refractivity contribution in [2.45, 2.75) is 8.79 Å². The fraction of sp³-hybridized carbons (Fsp3) is 0.500. The van der Waals surface area contributed by atoms with Crippen LogP contribution in [-0.2, 0) is 0 Å². The van der Waals surface area contributed by atoms with Gasteiger partial charge in [0.05, 0.1) is 0 Å². The van der Waals surface area contributed by atoms with Crippen molar-refractivity contribution in [3.63, 3.8) is 0 Å². The summed E-state index contributed by atoms with van der Waals surface area (Å²) in [6.45, 7) is 0. The van der Waals surface area contributed by atoms with E-state index in [9.17, 15) is 0 Å². The molecule has 0 fully saturated rings. The SMILES string of the molecule is ClN1C=CC(Cl)(Cl)C1(Cl)Cl. The lowest BCUT2D eigenvalue weighted by Gasteiger charge is -2.28. The number of halogens is 5. The zero-order valence-electron chi connectivity index (χ0n) is 4.49. The van der Waals surface area contributed by atoms with Crippen LogP contribution < -0.4 is 0 Å². The third-order valence-corrected chi connectivity index (χ3v) is 3.77. The Morgan fingerprint density at radius 1 is 1.10 bits per heavy atom. The number of hydrogen-bond acceptors (Lipinski definition) is 1. The first-order valence-electron chi connectivity index (χ1n) is 2.28. The van der Waals surface area contributed by atoms with E-state index >= 15 is 0 Å². The molecular weight excluding hydrogens is 239 g/mol. The van der Waals surface area contributed by atoms with Crippen LogP contribution in [0.1, 0.15) is 0 Å². The van der Waals surface area contributed by atoms with Crippen LogP contribution in [-0.4, -0.2) is 13.2 Å². The third kappa shape index (κ3) is 1.19. The maximum atomic E-state index is 5.64. The Morgan fingerprint density at radius 2 is 1.60 bits per heavy atom. The number of rotatable bonds is 0. The fourth-order valence-corrected chi connectivity index (χ4v) is 1.30. The van der Waals surface area contributed by atoms with Crippen molar-refractivity contribution in [2.75, 3.05) is 0 Å². The lowest BCUT2D eigenvalue weighted by atomic mass is 10.4. The highest BCUT2D eigenvalue weighted by molar-refractivity contribution is 6.64. The monoisotopic (exact) mass is 239 g/mol. The van der Waals surface area contributed by atoms with Crippen LogP contribution in [0, 0.1) is 0 Å². The standard InChI is InChI=1S/C4H2Cl5N/c5-3(6)1-2-10(9)4(3,7)8/h1-2H. The molecule has 1 aliphatic heterocycles. The Morgan fingerprint density at radius 3 is 1.70 bits per heavy atom. The number of hydrogen-bond donors (Lipinski definition) is 0. The Hall–Kier alpha value is 0.990. The first-order valence-corrected chi connectivity index (χ1v) is 4.13. The summed E-state index contributed by atoms with van der Waals surface area (Å²) in [5, 5.41) is 0. The van der Waals surface area contributed by atoms with Gasteiger partial charge in [0.25, 0.3) is 0 Å². The average Bonchev–Trinajstić information content (AvgIpc) is 1.94. The van der Waals surface area contributed by atoms with Crippen LogP contribution >= 0.6 is 58.2 Å². The van der Waals surface area contributed by atoms with Crippen LogP contribution in [0.25, 0.3) is 0 Å². The third-order valence-electron chi connectivity index (χ3n) is 1.08. The summed E-state index contributed by atoms with van der Waals surface area (Å²) in [7, 11) is 0. The summed E-state index contributed by atoms with van der Waals surface area (Å²) in [6, 6.07) is 0. The highest BCUT2D eigenvalue weighted by atomic mass is 35.5. The van der Waals surface area contributed by atoms with Crippen LogP contribution in [0.3, 0.4) is 0 Å². The van der Waals surface area contributed by atoms with E-state index in [4.69, 9.17) is 58.2 Å². The summed E-state index contributed by atoms with van der Waals surface area (Å²) in [5.41, 5.74) is 0. The van der Waals surface area contributed by atoms with Gasteiger partial charge in [-0.2, -0.15) is 0 Å². The molecular formula is C4H2Cl5N. The fourth-order valence-electron chi connectivity index (χ4n) is 0.495. The minimum atomic E-state index is -1.49. The van der Waals surface area contributed by atoms with E-state index in [0.717, 1.165) is 4.42 Å². The molecule has 0 spiro atoms. The van der Waals surface area contributed by atoms with Crippen molar-refractivity contribution in [3.8, 4) is 0 Å². The summed E-state index contributed by atoms with van der Waals surface area (Å²) in [4.78, 5) is 0. The maximum absolute atomic E-state index is 5.64. The Kier molecular flexibility index (Phi) is 2.27. The first kappa shape index (κ1) is 9.08. The minimum Gasteiger partial charge on any atom is -0.255 e. The Balaban J connectivity index is 2.94. The molecule has 0 aromatic rings. The molecule has 0 amide bonds. The van der Waals surface area contributed by atoms with E-state index in [0.29, 0.717) is 0 Å². The van der Waals surface area contributed by atoms with E-state index in [-0.39, 0.29) is 0 Å². The normalized spacial score (nSPS) is 27.5. The average molecular weight is 241 g/mol. The smallest absolute Gasteiger partial charge is 0.240 e. The quantitative estimate of drug-likeness (QED) is 0.357. The first-order chi connectivity index (χ1) is 4.38. The van der Waals surface area contributed by atoms with Gasteiger partial charge in [0.15, 0.2) is 4.33 Å². The lowest BCUT2D eigenvalue weighted by molar-refractivity contribution is 0.524. The van der Waals surface area contributed by atoms with Crippen molar-refractivity contribution >= 4 is 58.2 Å². The van der Waals surface area contributed by atoms with E-state index in [1.54, 1.807) is 0 Å². The van der Waals surface area contributed by atoms with E-state index < -0.39 is 8.79 Å². The number of nitrogens with zero attached hydrogens (tertiary/aromatic N) is 1. The van der Waals surface area contributed by atoms with Gasteiger partial charge >= 0.3 is 0 Å². The van der Waals surface area contributed by atoms with Gasteiger partial charge < -0.3 is 0 Å². The van der Waals surface area contributed by atoms with Gasteiger partial charge in [0.2, 0.25) is 4.46 Å². The molecule has 0 unspecified atom stereocenters. The molecule has 1 aliphatic rings. The Labute approximate surface area is 83.5 Å².